The summed E-state index contributed by atoms with van der Waals surface area (Å²) < 4.78 is 69.3. The number of nitrogens with one attached hydrogen (secondary N) is 1. The fourth-order valence-electron chi connectivity index (χ4n) is 3.22. The summed E-state index contributed by atoms with van der Waals surface area (Å²) in [5.74, 6) is 0.0436. The van der Waals surface area contributed by atoms with E-state index < -0.39 is 21.8 Å². The molecule has 0 bridgehead atoms. The van der Waals surface area contributed by atoms with Crippen LogP contribution < -0.4 is 4.72 Å². The van der Waals surface area contributed by atoms with Gasteiger partial charge in [0.15, 0.2) is 5.60 Å². The summed E-state index contributed by atoms with van der Waals surface area (Å²) in [6, 6.07) is 15.2. The molecular formula is C23H18ClF3N4O3S. The predicted molar refractivity (Wildman–Crippen MR) is 125 cm³/mol. The highest BCUT2D eigenvalue weighted by Gasteiger charge is 2.51. The number of sulfonamides is 1. The van der Waals surface area contributed by atoms with E-state index >= 15 is 0 Å². The molecule has 0 amide bonds. The van der Waals surface area contributed by atoms with Crippen molar-refractivity contribution in [3.8, 4) is 16.9 Å². The minimum absolute atomic E-state index is 0.0436. The van der Waals surface area contributed by atoms with Gasteiger partial charge in [-0.15, -0.1) is 0 Å². The lowest BCUT2D eigenvalue weighted by Gasteiger charge is -2.26. The lowest BCUT2D eigenvalue weighted by Crippen LogP contribution is -2.39. The third kappa shape index (κ3) is 5.02. The van der Waals surface area contributed by atoms with Gasteiger partial charge in [-0.1, -0.05) is 23.7 Å². The van der Waals surface area contributed by atoms with Crippen molar-refractivity contribution in [1.29, 1.82) is 0 Å². The van der Waals surface area contributed by atoms with Crippen LogP contribution in [-0.4, -0.2) is 34.5 Å². The number of alkyl halides is 3. The normalized spacial score (nSPS) is 13.9. The highest BCUT2D eigenvalue weighted by atomic mass is 35.5. The SMILES string of the molecule is CC(O)(c1ccc(-n2nc(-c3ccncc3)cc2NS(=O)(=O)c2ccc(Cl)cc2)cc1)C(F)(F)F. The number of benzene rings is 2. The van der Waals surface area contributed by atoms with E-state index in [-0.39, 0.29) is 22.0 Å². The minimum Gasteiger partial charge on any atom is -0.376 e. The van der Waals surface area contributed by atoms with Gasteiger partial charge in [0, 0.05) is 29.0 Å². The second-order valence-corrected chi connectivity index (χ2v) is 9.86. The molecule has 7 nitrogen and oxygen atoms in total. The maximum Gasteiger partial charge on any atom is 0.421 e. The lowest BCUT2D eigenvalue weighted by molar-refractivity contribution is -0.258. The molecule has 2 N–H and O–H groups in total. The van der Waals surface area contributed by atoms with Gasteiger partial charge in [-0.25, -0.2) is 13.1 Å². The number of halogens is 4. The van der Waals surface area contributed by atoms with Crippen molar-refractivity contribution in [3.63, 3.8) is 0 Å². The first-order valence-electron chi connectivity index (χ1n) is 10.1. The molecule has 0 aliphatic carbocycles. The van der Waals surface area contributed by atoms with Crippen LogP contribution in [0.15, 0.2) is 84.0 Å². The fourth-order valence-corrected chi connectivity index (χ4v) is 4.37. The van der Waals surface area contributed by atoms with Crippen molar-refractivity contribution in [2.24, 2.45) is 0 Å². The highest BCUT2D eigenvalue weighted by Crippen LogP contribution is 2.38. The molecule has 1 atom stereocenters. The summed E-state index contributed by atoms with van der Waals surface area (Å²) in [4.78, 5) is 3.90. The summed E-state index contributed by atoms with van der Waals surface area (Å²) in [7, 11) is -4.05. The third-order valence-electron chi connectivity index (χ3n) is 5.27. The molecule has 182 valence electrons. The van der Waals surface area contributed by atoms with Gasteiger partial charge >= 0.3 is 6.18 Å². The van der Waals surface area contributed by atoms with Crippen LogP contribution in [0.1, 0.15) is 12.5 Å². The average Bonchev–Trinajstić information content (AvgIpc) is 3.22. The van der Waals surface area contributed by atoms with E-state index in [4.69, 9.17) is 11.6 Å². The first-order valence-corrected chi connectivity index (χ1v) is 11.9. The number of anilines is 1. The zero-order valence-electron chi connectivity index (χ0n) is 18.0. The summed E-state index contributed by atoms with van der Waals surface area (Å²) in [6.45, 7) is 0.656. The Morgan fingerprint density at radius 1 is 0.971 bits per heavy atom. The van der Waals surface area contributed by atoms with Gasteiger partial charge in [-0.05, 0) is 61.0 Å². The van der Waals surface area contributed by atoms with Crippen LogP contribution in [0.25, 0.3) is 16.9 Å². The van der Waals surface area contributed by atoms with Crippen LogP contribution in [0, 0.1) is 0 Å². The van der Waals surface area contributed by atoms with Crippen molar-refractivity contribution < 1.29 is 26.7 Å². The van der Waals surface area contributed by atoms with Crippen molar-refractivity contribution in [2.45, 2.75) is 23.6 Å². The molecule has 0 saturated heterocycles. The predicted octanol–water partition coefficient (Wildman–Crippen LogP) is 5.16. The van der Waals surface area contributed by atoms with Gasteiger partial charge < -0.3 is 5.11 Å². The molecular weight excluding hydrogens is 505 g/mol. The van der Waals surface area contributed by atoms with E-state index in [0.29, 0.717) is 23.2 Å². The Hall–Kier alpha value is -3.41. The number of nitrogens with zero attached hydrogens (tertiary/aromatic N) is 3. The summed E-state index contributed by atoms with van der Waals surface area (Å²) in [6.07, 6.45) is -1.80. The molecule has 4 rings (SSSR count). The molecule has 2 aromatic heterocycles. The first-order chi connectivity index (χ1) is 16.4. The molecule has 0 aliphatic heterocycles. The maximum absolute atomic E-state index is 13.2. The van der Waals surface area contributed by atoms with E-state index in [1.807, 2.05) is 0 Å². The molecule has 2 heterocycles. The van der Waals surface area contributed by atoms with Gasteiger partial charge in [0.2, 0.25) is 0 Å². The quantitative estimate of drug-likeness (QED) is 0.365. The monoisotopic (exact) mass is 522 g/mol. The van der Waals surface area contributed by atoms with Gasteiger partial charge in [-0.3, -0.25) is 9.71 Å². The van der Waals surface area contributed by atoms with Crippen LogP contribution in [0.2, 0.25) is 5.02 Å². The summed E-state index contributed by atoms with van der Waals surface area (Å²) in [5.41, 5.74) is -2.13. The molecule has 0 radical (unpaired) electrons. The Morgan fingerprint density at radius 3 is 2.14 bits per heavy atom. The van der Waals surface area contributed by atoms with Crippen LogP contribution in [0.5, 0.6) is 0 Å². The summed E-state index contributed by atoms with van der Waals surface area (Å²) >= 11 is 5.85. The topological polar surface area (TPSA) is 97.1 Å². The Labute approximate surface area is 203 Å². The molecule has 12 heteroatoms. The number of aliphatic hydroxyl groups is 1. The largest absolute Gasteiger partial charge is 0.421 e. The van der Waals surface area contributed by atoms with E-state index in [2.05, 4.69) is 14.8 Å². The average molecular weight is 523 g/mol. The van der Waals surface area contributed by atoms with E-state index in [0.717, 1.165) is 12.1 Å². The van der Waals surface area contributed by atoms with E-state index in [1.54, 1.807) is 24.5 Å². The minimum atomic E-state index is -4.88. The zero-order valence-corrected chi connectivity index (χ0v) is 19.6. The van der Waals surface area contributed by atoms with Crippen LogP contribution in [-0.2, 0) is 15.6 Å². The molecule has 0 spiro atoms. The number of hydrogen-bond acceptors (Lipinski definition) is 5. The maximum atomic E-state index is 13.2. The number of aromatic nitrogens is 3. The highest BCUT2D eigenvalue weighted by molar-refractivity contribution is 7.92. The van der Waals surface area contributed by atoms with Crippen LogP contribution >= 0.6 is 11.6 Å². The van der Waals surface area contributed by atoms with Gasteiger partial charge in [0.1, 0.15) is 5.82 Å². The van der Waals surface area contributed by atoms with Crippen molar-refractivity contribution >= 4 is 27.4 Å². The van der Waals surface area contributed by atoms with Crippen molar-refractivity contribution in [2.75, 3.05) is 4.72 Å². The van der Waals surface area contributed by atoms with Crippen molar-refractivity contribution in [1.82, 2.24) is 14.8 Å². The van der Waals surface area contributed by atoms with Gasteiger partial charge in [-0.2, -0.15) is 18.3 Å². The summed E-state index contributed by atoms with van der Waals surface area (Å²) in [5, 5.41) is 14.7. The second-order valence-electron chi connectivity index (χ2n) is 7.74. The second kappa shape index (κ2) is 8.99. The van der Waals surface area contributed by atoms with E-state index in [1.165, 1.54) is 47.1 Å². The van der Waals surface area contributed by atoms with Gasteiger partial charge in [0.05, 0.1) is 16.3 Å². The molecule has 35 heavy (non-hydrogen) atoms. The Kier molecular flexibility index (Phi) is 6.34. The Bertz CT molecular complexity index is 1440. The van der Waals surface area contributed by atoms with E-state index in [9.17, 15) is 26.7 Å². The zero-order chi connectivity index (χ0) is 25.4. The standard InChI is InChI=1S/C23H18ClF3N4O3S/c1-22(32,23(25,26)27)16-2-6-18(7-3-16)31-21(14-20(29-31)15-10-12-28-13-11-15)30-35(33,34)19-8-4-17(24)5-9-19/h2-14,30,32H,1H3. The molecule has 4 aromatic rings. The van der Waals surface area contributed by atoms with Gasteiger partial charge in [0.25, 0.3) is 10.0 Å². The molecule has 0 aliphatic rings. The van der Waals surface area contributed by atoms with Crippen molar-refractivity contribution in [3.05, 3.63) is 89.7 Å². The molecule has 2 aromatic carbocycles. The van der Waals surface area contributed by atoms with Crippen LogP contribution in [0.3, 0.4) is 0 Å². The lowest BCUT2D eigenvalue weighted by atomic mass is 9.95. The van der Waals surface area contributed by atoms with Crippen LogP contribution in [0.4, 0.5) is 19.0 Å². The first kappa shape index (κ1) is 24.7. The Morgan fingerprint density at radius 2 is 1.57 bits per heavy atom. The smallest absolute Gasteiger partial charge is 0.376 e. The fraction of sp³-hybridized carbons (Fsp3) is 0.130. The number of pyridine rings is 1. The molecule has 0 saturated carbocycles. The number of rotatable bonds is 6. The molecule has 1 unspecified atom stereocenters. The number of hydrogen-bond donors (Lipinski definition) is 2. The molecule has 0 fully saturated rings. The Balaban J connectivity index is 1.77. The third-order valence-corrected chi connectivity index (χ3v) is 6.90.